The zero-order valence-electron chi connectivity index (χ0n) is 16.9. The summed E-state index contributed by atoms with van der Waals surface area (Å²) in [5, 5.41) is 4.71. The van der Waals surface area contributed by atoms with Crippen molar-refractivity contribution >= 4 is 29.0 Å². The zero-order chi connectivity index (χ0) is 21.5. The highest BCUT2D eigenvalue weighted by Gasteiger charge is 2.21. The van der Waals surface area contributed by atoms with Gasteiger partial charge in [0.15, 0.2) is 12.4 Å². The highest BCUT2D eigenvalue weighted by atomic mass is 32.1. The number of esters is 1. The lowest BCUT2D eigenvalue weighted by molar-refractivity contribution is -0.124. The number of carbonyl (C=O) groups is 3. The molecular weight excluding hydrogens is 398 g/mol. The maximum Gasteiger partial charge on any atom is 0.339 e. The summed E-state index contributed by atoms with van der Waals surface area (Å²) in [5.74, 6) is -1.32. The molecule has 154 valence electrons. The molecule has 0 aliphatic rings. The van der Waals surface area contributed by atoms with Crippen LogP contribution in [0.15, 0.2) is 60.0 Å². The lowest BCUT2D eigenvalue weighted by Gasteiger charge is -2.11. The fourth-order valence-corrected chi connectivity index (χ4v) is 3.73. The highest BCUT2D eigenvalue weighted by Crippen LogP contribution is 2.19. The molecule has 0 saturated heterocycles. The van der Waals surface area contributed by atoms with Gasteiger partial charge in [0.2, 0.25) is 0 Å². The van der Waals surface area contributed by atoms with Crippen LogP contribution in [0.25, 0.3) is 0 Å². The molecule has 1 heterocycles. The Morgan fingerprint density at radius 1 is 0.933 bits per heavy atom. The third-order valence-corrected chi connectivity index (χ3v) is 5.57. The van der Waals surface area contributed by atoms with Crippen LogP contribution in [0.1, 0.15) is 42.3 Å². The van der Waals surface area contributed by atoms with Crippen molar-refractivity contribution in [2.45, 2.75) is 20.3 Å². The van der Waals surface area contributed by atoms with E-state index < -0.39 is 12.6 Å². The Labute approximate surface area is 179 Å². The fourth-order valence-electron chi connectivity index (χ4n) is 3.02. The first kappa shape index (κ1) is 21.5. The van der Waals surface area contributed by atoms with Gasteiger partial charge in [-0.15, -0.1) is 11.3 Å². The van der Waals surface area contributed by atoms with Gasteiger partial charge in [-0.2, -0.15) is 0 Å². The minimum absolute atomic E-state index is 0.148. The molecule has 1 amide bonds. The molecule has 0 spiro atoms. The van der Waals surface area contributed by atoms with Gasteiger partial charge in [-0.1, -0.05) is 42.0 Å². The second-order valence-electron chi connectivity index (χ2n) is 6.95. The summed E-state index contributed by atoms with van der Waals surface area (Å²) in [6.45, 7) is 3.84. The topological polar surface area (TPSA) is 72.5 Å². The van der Waals surface area contributed by atoms with Crippen molar-refractivity contribution in [2.24, 2.45) is 0 Å². The standard InChI is InChI=1S/C24H23NO4S/c1-16-9-10-17(2)21(14-16)23(27)19-7-3-4-8-20(19)24(28)29-15-22(26)25-12-11-18-6-5-13-30-18/h3-10,13-14H,11-12,15H2,1-2H3,(H,25,26). The van der Waals surface area contributed by atoms with E-state index in [1.165, 1.54) is 10.9 Å². The molecule has 0 fully saturated rings. The number of thiophene rings is 1. The van der Waals surface area contributed by atoms with Crippen LogP contribution in [0.5, 0.6) is 0 Å². The van der Waals surface area contributed by atoms with Crippen molar-refractivity contribution in [3.05, 3.63) is 92.7 Å². The molecule has 5 nitrogen and oxygen atoms in total. The number of hydrogen-bond donors (Lipinski definition) is 1. The average molecular weight is 422 g/mol. The number of rotatable bonds is 8. The number of amides is 1. The van der Waals surface area contributed by atoms with Crippen molar-refractivity contribution in [3.63, 3.8) is 0 Å². The second kappa shape index (κ2) is 9.98. The van der Waals surface area contributed by atoms with E-state index in [-0.39, 0.29) is 22.8 Å². The molecule has 0 atom stereocenters. The Balaban J connectivity index is 1.63. The molecule has 6 heteroatoms. The molecule has 0 saturated carbocycles. The van der Waals surface area contributed by atoms with Crippen molar-refractivity contribution in [2.75, 3.05) is 13.2 Å². The van der Waals surface area contributed by atoms with Gasteiger partial charge in [-0.05, 0) is 49.4 Å². The fraction of sp³-hybridized carbons (Fsp3) is 0.208. The van der Waals surface area contributed by atoms with Crippen LogP contribution in [0.2, 0.25) is 0 Å². The number of aryl methyl sites for hydroxylation is 2. The monoisotopic (exact) mass is 421 g/mol. The molecule has 0 bridgehead atoms. The van der Waals surface area contributed by atoms with Crippen LogP contribution < -0.4 is 5.32 Å². The normalized spacial score (nSPS) is 10.5. The van der Waals surface area contributed by atoms with E-state index >= 15 is 0 Å². The number of hydrogen-bond acceptors (Lipinski definition) is 5. The largest absolute Gasteiger partial charge is 0.452 e. The molecule has 0 aliphatic carbocycles. The van der Waals surface area contributed by atoms with Gasteiger partial charge < -0.3 is 10.1 Å². The maximum atomic E-state index is 13.1. The van der Waals surface area contributed by atoms with Gasteiger partial charge in [0.1, 0.15) is 0 Å². The third-order valence-electron chi connectivity index (χ3n) is 4.64. The Morgan fingerprint density at radius 3 is 2.43 bits per heavy atom. The molecule has 1 aromatic heterocycles. The summed E-state index contributed by atoms with van der Waals surface area (Å²) in [4.78, 5) is 38.8. The van der Waals surface area contributed by atoms with E-state index in [0.717, 1.165) is 17.5 Å². The van der Waals surface area contributed by atoms with E-state index in [0.29, 0.717) is 12.1 Å². The van der Waals surface area contributed by atoms with Crippen LogP contribution in [0.3, 0.4) is 0 Å². The molecule has 3 aromatic rings. The number of nitrogens with one attached hydrogen (secondary N) is 1. The SMILES string of the molecule is Cc1ccc(C)c(C(=O)c2ccccc2C(=O)OCC(=O)NCCc2cccs2)c1. The minimum atomic E-state index is -0.697. The number of benzene rings is 2. The van der Waals surface area contributed by atoms with E-state index in [2.05, 4.69) is 5.32 Å². The molecule has 2 aromatic carbocycles. The summed E-state index contributed by atoms with van der Waals surface area (Å²) in [6, 6.07) is 16.1. The Hall–Kier alpha value is -3.25. The number of ketones is 1. The zero-order valence-corrected chi connectivity index (χ0v) is 17.8. The van der Waals surface area contributed by atoms with E-state index in [4.69, 9.17) is 4.74 Å². The first-order valence-corrected chi connectivity index (χ1v) is 10.5. The van der Waals surface area contributed by atoms with Crippen LogP contribution in [0.4, 0.5) is 0 Å². The van der Waals surface area contributed by atoms with Gasteiger partial charge >= 0.3 is 5.97 Å². The lowest BCUT2D eigenvalue weighted by Crippen LogP contribution is -2.30. The molecule has 1 N–H and O–H groups in total. The summed E-state index contributed by atoms with van der Waals surface area (Å²) >= 11 is 1.63. The molecule has 3 rings (SSSR count). The van der Waals surface area contributed by atoms with Crippen LogP contribution >= 0.6 is 11.3 Å². The van der Waals surface area contributed by atoms with Crippen LogP contribution in [-0.4, -0.2) is 30.8 Å². The van der Waals surface area contributed by atoms with Gasteiger partial charge in [-0.3, -0.25) is 9.59 Å². The summed E-state index contributed by atoms with van der Waals surface area (Å²) in [6.07, 6.45) is 0.727. The molecule has 0 radical (unpaired) electrons. The molecule has 0 unspecified atom stereocenters. The molecule has 30 heavy (non-hydrogen) atoms. The molecular formula is C24H23NO4S. The van der Waals surface area contributed by atoms with Gasteiger partial charge in [0.05, 0.1) is 5.56 Å². The maximum absolute atomic E-state index is 13.1. The van der Waals surface area contributed by atoms with E-state index in [1.807, 2.05) is 43.5 Å². The quantitative estimate of drug-likeness (QED) is 0.439. The van der Waals surface area contributed by atoms with Gasteiger partial charge in [0, 0.05) is 22.5 Å². The first-order chi connectivity index (χ1) is 14.5. The van der Waals surface area contributed by atoms with E-state index in [9.17, 15) is 14.4 Å². The smallest absolute Gasteiger partial charge is 0.339 e. The lowest BCUT2D eigenvalue weighted by atomic mass is 9.94. The van der Waals surface area contributed by atoms with Crippen molar-refractivity contribution < 1.29 is 19.1 Å². The Morgan fingerprint density at radius 2 is 1.70 bits per heavy atom. The van der Waals surface area contributed by atoms with Crippen molar-refractivity contribution in [1.82, 2.24) is 5.32 Å². The highest BCUT2D eigenvalue weighted by molar-refractivity contribution is 7.09. The second-order valence-corrected chi connectivity index (χ2v) is 7.98. The van der Waals surface area contributed by atoms with Crippen LogP contribution in [-0.2, 0) is 16.0 Å². The van der Waals surface area contributed by atoms with Gasteiger partial charge in [-0.25, -0.2) is 4.79 Å². The first-order valence-electron chi connectivity index (χ1n) is 9.63. The third kappa shape index (κ3) is 5.42. The van der Waals surface area contributed by atoms with Crippen molar-refractivity contribution in [1.29, 1.82) is 0 Å². The average Bonchev–Trinajstić information content (AvgIpc) is 3.27. The van der Waals surface area contributed by atoms with Crippen LogP contribution in [0, 0.1) is 13.8 Å². The van der Waals surface area contributed by atoms with Gasteiger partial charge in [0.25, 0.3) is 5.91 Å². The summed E-state index contributed by atoms with van der Waals surface area (Å²) in [7, 11) is 0. The predicted octanol–water partition coefficient (Wildman–Crippen LogP) is 4.11. The minimum Gasteiger partial charge on any atom is -0.452 e. The molecule has 0 aliphatic heterocycles. The van der Waals surface area contributed by atoms with Crippen molar-refractivity contribution in [3.8, 4) is 0 Å². The number of carbonyl (C=O) groups excluding carboxylic acids is 3. The Bertz CT molecular complexity index is 1060. The van der Waals surface area contributed by atoms with E-state index in [1.54, 1.807) is 35.6 Å². The summed E-state index contributed by atoms with van der Waals surface area (Å²) in [5.41, 5.74) is 2.74. The summed E-state index contributed by atoms with van der Waals surface area (Å²) < 4.78 is 5.16. The number of ether oxygens (including phenoxy) is 1. The predicted molar refractivity (Wildman–Crippen MR) is 117 cm³/mol. The Kier molecular flexibility index (Phi) is 7.14.